The Morgan fingerprint density at radius 2 is 2.04 bits per heavy atom. The third-order valence-electron chi connectivity index (χ3n) is 4.18. The monoisotopic (exact) mass is 389 g/mol. The molecule has 27 heavy (non-hydrogen) atoms. The molecule has 0 radical (unpaired) electrons. The zero-order chi connectivity index (χ0) is 20.0. The highest BCUT2D eigenvalue weighted by molar-refractivity contribution is 7.80. The lowest BCUT2D eigenvalue weighted by atomic mass is 10.2. The molecule has 1 aromatic heterocycles. The molecule has 1 aromatic carbocycles. The van der Waals surface area contributed by atoms with E-state index in [9.17, 15) is 9.59 Å². The summed E-state index contributed by atoms with van der Waals surface area (Å²) in [6, 6.07) is 7.80. The number of aromatic amines is 1. The second-order valence-electron chi connectivity index (χ2n) is 6.45. The van der Waals surface area contributed by atoms with Crippen LogP contribution in [0.25, 0.3) is 0 Å². The maximum Gasteiger partial charge on any atom is 0.330 e. The highest BCUT2D eigenvalue weighted by Gasteiger charge is 2.21. The molecule has 0 bridgehead atoms. The molecule has 0 saturated carbocycles. The number of H-pyrrole nitrogens is 1. The first-order chi connectivity index (χ1) is 12.9. The van der Waals surface area contributed by atoms with Gasteiger partial charge in [0.05, 0.1) is 0 Å². The number of nitrogens with two attached hydrogens (primary N) is 1. The molecule has 0 amide bonds. The van der Waals surface area contributed by atoms with Crippen LogP contribution in [0.5, 0.6) is 0 Å². The van der Waals surface area contributed by atoms with Crippen molar-refractivity contribution in [2.24, 2.45) is 0 Å². The van der Waals surface area contributed by atoms with Crippen molar-refractivity contribution in [2.45, 2.75) is 46.6 Å². The molecule has 0 aliphatic heterocycles. The minimum Gasteiger partial charge on any atom is -0.383 e. The van der Waals surface area contributed by atoms with Gasteiger partial charge in [0.25, 0.3) is 5.56 Å². The number of nitrogens with one attached hydrogen (secondary N) is 2. The second-order valence-corrected chi connectivity index (χ2v) is 6.84. The number of nitrogens with zero attached hydrogens (tertiary/aromatic N) is 2. The summed E-state index contributed by atoms with van der Waals surface area (Å²) in [5.41, 5.74) is 7.31. The highest BCUT2D eigenvalue weighted by Crippen LogP contribution is 2.20. The maximum atomic E-state index is 12.6. The molecule has 4 N–H and O–H groups in total. The van der Waals surface area contributed by atoms with Gasteiger partial charge in [0, 0.05) is 18.8 Å². The van der Waals surface area contributed by atoms with Crippen LogP contribution in [0.4, 0.5) is 17.2 Å². The van der Waals surface area contributed by atoms with Crippen molar-refractivity contribution in [1.82, 2.24) is 9.55 Å². The largest absolute Gasteiger partial charge is 0.383 e. The number of anilines is 3. The fourth-order valence-electron chi connectivity index (χ4n) is 2.83. The summed E-state index contributed by atoms with van der Waals surface area (Å²) in [6.45, 7) is 6.93. The highest BCUT2D eigenvalue weighted by atomic mass is 32.1. The molecular weight excluding hydrogens is 362 g/mol. The lowest BCUT2D eigenvalue weighted by Crippen LogP contribution is -2.43. The van der Waals surface area contributed by atoms with Gasteiger partial charge in [0.2, 0.25) is 0 Å². The summed E-state index contributed by atoms with van der Waals surface area (Å²) >= 11 is 5.58. The van der Waals surface area contributed by atoms with Crippen molar-refractivity contribution in [2.75, 3.05) is 22.5 Å². The Labute approximate surface area is 164 Å². The summed E-state index contributed by atoms with van der Waals surface area (Å²) in [5, 5.41) is 3.54. The Balaban J connectivity index is 2.47. The fraction of sp³-hybridized carbons (Fsp3) is 0.421. The van der Waals surface area contributed by atoms with Crippen LogP contribution in [0.3, 0.4) is 0 Å². The predicted molar refractivity (Wildman–Crippen MR) is 116 cm³/mol. The lowest BCUT2D eigenvalue weighted by molar-refractivity contribution is 0.640. The number of benzene rings is 1. The van der Waals surface area contributed by atoms with Crippen LogP contribution in [0, 0.1) is 6.92 Å². The van der Waals surface area contributed by atoms with E-state index >= 15 is 0 Å². The van der Waals surface area contributed by atoms with E-state index in [1.807, 2.05) is 38.1 Å². The maximum absolute atomic E-state index is 12.6. The minimum atomic E-state index is -0.533. The van der Waals surface area contributed by atoms with Gasteiger partial charge >= 0.3 is 5.69 Å². The number of aromatic nitrogens is 2. The van der Waals surface area contributed by atoms with Crippen LogP contribution in [-0.4, -0.2) is 21.2 Å². The van der Waals surface area contributed by atoms with Crippen molar-refractivity contribution < 1.29 is 0 Å². The summed E-state index contributed by atoms with van der Waals surface area (Å²) < 4.78 is 1.38. The zero-order valence-corrected chi connectivity index (χ0v) is 16.9. The van der Waals surface area contributed by atoms with Gasteiger partial charge in [-0.2, -0.15) is 0 Å². The quantitative estimate of drug-likeness (QED) is 0.630. The summed E-state index contributed by atoms with van der Waals surface area (Å²) in [6.07, 6.45) is 2.47. The third kappa shape index (κ3) is 4.97. The number of aryl methyl sites for hydroxylation is 1. The Morgan fingerprint density at radius 1 is 1.30 bits per heavy atom. The first-order valence-corrected chi connectivity index (χ1v) is 9.57. The van der Waals surface area contributed by atoms with Crippen molar-refractivity contribution >= 4 is 34.5 Å². The fourth-order valence-corrected chi connectivity index (χ4v) is 3.13. The van der Waals surface area contributed by atoms with Crippen LogP contribution in [0.1, 0.15) is 38.7 Å². The summed E-state index contributed by atoms with van der Waals surface area (Å²) in [4.78, 5) is 28.7. The van der Waals surface area contributed by atoms with E-state index in [4.69, 9.17) is 18.0 Å². The van der Waals surface area contributed by atoms with Crippen LogP contribution < -0.4 is 27.2 Å². The standard InChI is InChI=1S/C19H27N5O2S/c1-4-6-11-23(19(27)21-14-9-7-8-13(3)12-14)15-16(20)24(10-5-2)18(26)22-17(15)25/h7-9,12H,4-6,10-11,20H2,1-3H3,(H,21,27)(H,22,25,26). The topological polar surface area (TPSA) is 96.2 Å². The van der Waals surface area contributed by atoms with Gasteiger partial charge in [0.15, 0.2) is 10.8 Å². The van der Waals surface area contributed by atoms with Crippen molar-refractivity contribution in [1.29, 1.82) is 0 Å². The summed E-state index contributed by atoms with van der Waals surface area (Å²) in [5.74, 6) is 0.134. The molecule has 2 rings (SSSR count). The number of hydrogen-bond donors (Lipinski definition) is 3. The third-order valence-corrected chi connectivity index (χ3v) is 4.50. The Bertz CT molecular complexity index is 919. The van der Waals surface area contributed by atoms with Gasteiger partial charge in [-0.25, -0.2) is 4.79 Å². The smallest absolute Gasteiger partial charge is 0.330 e. The number of rotatable bonds is 7. The SMILES string of the molecule is CCCCN(C(=S)Nc1cccc(C)c1)c1c(N)n(CCC)c(=O)[nH]c1=O. The molecular formula is C19H27N5O2S. The molecule has 0 fully saturated rings. The van der Waals surface area contributed by atoms with Crippen LogP contribution in [0.15, 0.2) is 33.9 Å². The molecule has 0 atom stereocenters. The minimum absolute atomic E-state index is 0.134. The van der Waals surface area contributed by atoms with E-state index < -0.39 is 11.2 Å². The molecule has 8 heteroatoms. The predicted octanol–water partition coefficient (Wildman–Crippen LogP) is 2.84. The van der Waals surface area contributed by atoms with Gasteiger partial charge in [0.1, 0.15) is 5.82 Å². The van der Waals surface area contributed by atoms with Gasteiger partial charge in [-0.15, -0.1) is 0 Å². The molecule has 0 aliphatic carbocycles. The first-order valence-electron chi connectivity index (χ1n) is 9.16. The first kappa shape index (κ1) is 20.7. The van der Waals surface area contributed by atoms with E-state index in [0.29, 0.717) is 18.2 Å². The van der Waals surface area contributed by atoms with Crippen LogP contribution in [0.2, 0.25) is 0 Å². The van der Waals surface area contributed by atoms with Gasteiger partial charge in [-0.3, -0.25) is 14.3 Å². The molecule has 0 spiro atoms. The van der Waals surface area contributed by atoms with E-state index in [0.717, 1.165) is 30.5 Å². The van der Waals surface area contributed by atoms with E-state index in [-0.39, 0.29) is 11.5 Å². The van der Waals surface area contributed by atoms with Crippen molar-refractivity contribution in [3.8, 4) is 0 Å². The number of hydrogen-bond acceptors (Lipinski definition) is 4. The number of unbranched alkanes of at least 4 members (excludes halogenated alkanes) is 1. The number of nitrogen functional groups attached to an aromatic ring is 1. The van der Waals surface area contributed by atoms with E-state index in [1.165, 1.54) is 4.57 Å². The number of thiocarbonyl (C=S) groups is 1. The molecule has 146 valence electrons. The van der Waals surface area contributed by atoms with Gasteiger partial charge < -0.3 is 16.0 Å². The van der Waals surface area contributed by atoms with Gasteiger partial charge in [-0.1, -0.05) is 32.4 Å². The average molecular weight is 390 g/mol. The zero-order valence-electron chi connectivity index (χ0n) is 16.0. The molecule has 7 nitrogen and oxygen atoms in total. The Morgan fingerprint density at radius 3 is 2.67 bits per heavy atom. The normalized spacial score (nSPS) is 10.6. The van der Waals surface area contributed by atoms with E-state index in [1.54, 1.807) is 4.90 Å². The summed E-state index contributed by atoms with van der Waals surface area (Å²) in [7, 11) is 0. The lowest BCUT2D eigenvalue weighted by Gasteiger charge is -2.27. The molecule has 2 aromatic rings. The molecule has 0 unspecified atom stereocenters. The van der Waals surface area contributed by atoms with Crippen molar-refractivity contribution in [3.63, 3.8) is 0 Å². The molecule has 0 aliphatic rings. The Kier molecular flexibility index (Phi) is 7.18. The van der Waals surface area contributed by atoms with Crippen molar-refractivity contribution in [3.05, 3.63) is 50.7 Å². The second kappa shape index (κ2) is 9.36. The van der Waals surface area contributed by atoms with E-state index in [2.05, 4.69) is 17.2 Å². The Hall–Kier alpha value is -2.61. The molecule has 0 saturated heterocycles. The van der Waals surface area contributed by atoms with Crippen LogP contribution >= 0.6 is 12.2 Å². The van der Waals surface area contributed by atoms with Crippen LogP contribution in [-0.2, 0) is 6.54 Å². The van der Waals surface area contributed by atoms with Gasteiger partial charge in [-0.05, 0) is 49.7 Å². The average Bonchev–Trinajstić information content (AvgIpc) is 2.61. The molecule has 1 heterocycles.